The quantitative estimate of drug-likeness (QED) is 0.337. The molecule has 3 rings (SSSR count). The molecule has 2 heterocycles. The molecule has 1 aromatic carbocycles. The SMILES string of the molecule is COC(=O)c1cc(C)nc(-c2ccc3[nH]cc(/C=N/O)c3c2)c1. The van der Waals surface area contributed by atoms with Gasteiger partial charge in [0, 0.05) is 33.9 Å². The van der Waals surface area contributed by atoms with Gasteiger partial charge in [-0.1, -0.05) is 11.2 Å². The summed E-state index contributed by atoms with van der Waals surface area (Å²) in [6.07, 6.45) is 3.13. The molecule has 0 saturated carbocycles. The van der Waals surface area contributed by atoms with Gasteiger partial charge < -0.3 is 14.9 Å². The van der Waals surface area contributed by atoms with Crippen LogP contribution in [-0.2, 0) is 4.74 Å². The number of aromatic nitrogens is 2. The predicted octanol–water partition coefficient (Wildman–Crippen LogP) is 3.13. The molecule has 0 aliphatic heterocycles. The average molecular weight is 309 g/mol. The molecule has 0 saturated heterocycles. The van der Waals surface area contributed by atoms with Crippen molar-refractivity contribution in [2.45, 2.75) is 6.92 Å². The fourth-order valence-electron chi connectivity index (χ4n) is 2.52. The Morgan fingerprint density at radius 2 is 2.17 bits per heavy atom. The molecule has 23 heavy (non-hydrogen) atoms. The van der Waals surface area contributed by atoms with Crippen LogP contribution in [0, 0.1) is 6.92 Å². The van der Waals surface area contributed by atoms with Crippen molar-refractivity contribution in [3.05, 3.63) is 53.3 Å². The number of benzene rings is 1. The van der Waals surface area contributed by atoms with Gasteiger partial charge in [-0.25, -0.2) is 4.79 Å². The summed E-state index contributed by atoms with van der Waals surface area (Å²) in [5, 5.41) is 12.7. The predicted molar refractivity (Wildman–Crippen MR) is 87.0 cm³/mol. The van der Waals surface area contributed by atoms with Crippen LogP contribution in [0.1, 0.15) is 21.6 Å². The monoisotopic (exact) mass is 309 g/mol. The number of carbonyl (C=O) groups excluding carboxylic acids is 1. The van der Waals surface area contributed by atoms with Crippen LogP contribution in [-0.4, -0.2) is 34.5 Å². The number of oxime groups is 1. The molecule has 0 atom stereocenters. The van der Waals surface area contributed by atoms with Crippen molar-refractivity contribution in [2.75, 3.05) is 7.11 Å². The number of nitrogens with zero attached hydrogens (tertiary/aromatic N) is 2. The molecule has 6 heteroatoms. The van der Waals surface area contributed by atoms with E-state index in [0.717, 1.165) is 27.7 Å². The maximum absolute atomic E-state index is 11.8. The smallest absolute Gasteiger partial charge is 0.337 e. The molecule has 3 aromatic rings. The second-order valence-corrected chi connectivity index (χ2v) is 5.12. The van der Waals surface area contributed by atoms with Crippen LogP contribution in [0.2, 0.25) is 0 Å². The lowest BCUT2D eigenvalue weighted by molar-refractivity contribution is 0.0600. The number of aromatic amines is 1. The number of nitrogens with one attached hydrogen (secondary N) is 1. The highest BCUT2D eigenvalue weighted by atomic mass is 16.5. The highest BCUT2D eigenvalue weighted by Gasteiger charge is 2.11. The highest BCUT2D eigenvalue weighted by Crippen LogP contribution is 2.26. The summed E-state index contributed by atoms with van der Waals surface area (Å²) in [6, 6.07) is 9.16. The number of hydrogen-bond acceptors (Lipinski definition) is 5. The van der Waals surface area contributed by atoms with Crippen LogP contribution in [0.4, 0.5) is 0 Å². The largest absolute Gasteiger partial charge is 0.465 e. The van der Waals surface area contributed by atoms with Crippen LogP contribution in [0.15, 0.2) is 41.7 Å². The first kappa shape index (κ1) is 14.8. The number of ether oxygens (including phenoxy) is 1. The Morgan fingerprint density at radius 1 is 1.35 bits per heavy atom. The van der Waals surface area contributed by atoms with Gasteiger partial charge in [-0.15, -0.1) is 0 Å². The zero-order valence-corrected chi connectivity index (χ0v) is 12.7. The van der Waals surface area contributed by atoms with Gasteiger partial charge in [-0.3, -0.25) is 4.98 Å². The number of fused-ring (bicyclic) bond motifs is 1. The van der Waals surface area contributed by atoms with E-state index >= 15 is 0 Å². The van der Waals surface area contributed by atoms with E-state index in [0.29, 0.717) is 11.3 Å². The number of hydrogen-bond donors (Lipinski definition) is 2. The van der Waals surface area contributed by atoms with E-state index in [-0.39, 0.29) is 0 Å². The molecule has 116 valence electrons. The summed E-state index contributed by atoms with van der Waals surface area (Å²) in [6.45, 7) is 1.83. The fraction of sp³-hybridized carbons (Fsp3) is 0.118. The third-order valence-electron chi connectivity index (χ3n) is 3.58. The standard InChI is InChI=1S/C17H15N3O3/c1-10-5-12(17(21)23-2)7-16(20-10)11-3-4-15-14(6-11)13(8-18-15)9-19-22/h3-9,18,22H,1-2H3/b19-9+. The van der Waals surface area contributed by atoms with Crippen molar-refractivity contribution in [3.8, 4) is 11.3 Å². The molecule has 6 nitrogen and oxygen atoms in total. The van der Waals surface area contributed by atoms with Gasteiger partial charge in [0.2, 0.25) is 0 Å². The molecule has 2 aromatic heterocycles. The van der Waals surface area contributed by atoms with Gasteiger partial charge >= 0.3 is 5.97 Å². The minimum absolute atomic E-state index is 0.396. The number of H-pyrrole nitrogens is 1. The van der Waals surface area contributed by atoms with E-state index in [4.69, 9.17) is 9.94 Å². The normalized spacial score (nSPS) is 11.2. The number of esters is 1. The summed E-state index contributed by atoms with van der Waals surface area (Å²) in [4.78, 5) is 19.4. The lowest BCUT2D eigenvalue weighted by Crippen LogP contribution is -2.03. The average Bonchev–Trinajstić information content (AvgIpc) is 2.96. The van der Waals surface area contributed by atoms with Crippen LogP contribution >= 0.6 is 0 Å². The van der Waals surface area contributed by atoms with Crippen molar-refractivity contribution < 1.29 is 14.7 Å². The van der Waals surface area contributed by atoms with Crippen LogP contribution in [0.3, 0.4) is 0 Å². The molecule has 0 fully saturated rings. The summed E-state index contributed by atoms with van der Waals surface area (Å²) in [5.74, 6) is -0.396. The van der Waals surface area contributed by atoms with Gasteiger partial charge in [0.15, 0.2) is 0 Å². The lowest BCUT2D eigenvalue weighted by atomic mass is 10.0. The summed E-state index contributed by atoms with van der Waals surface area (Å²) in [5.41, 5.74) is 4.42. The summed E-state index contributed by atoms with van der Waals surface area (Å²) in [7, 11) is 1.35. The van der Waals surface area contributed by atoms with E-state index in [9.17, 15) is 4.79 Å². The first-order valence-corrected chi connectivity index (χ1v) is 6.98. The molecule has 2 N–H and O–H groups in total. The summed E-state index contributed by atoms with van der Waals surface area (Å²) < 4.78 is 4.77. The van der Waals surface area contributed by atoms with E-state index in [1.54, 1.807) is 18.3 Å². The Labute approximate surface area is 132 Å². The van der Waals surface area contributed by atoms with Crippen molar-refractivity contribution >= 4 is 23.1 Å². The Hall–Kier alpha value is -3.15. The minimum Gasteiger partial charge on any atom is -0.465 e. The third kappa shape index (κ3) is 2.78. The van der Waals surface area contributed by atoms with Gasteiger partial charge in [0.25, 0.3) is 0 Å². The Bertz CT molecular complexity index is 913. The third-order valence-corrected chi connectivity index (χ3v) is 3.58. The van der Waals surface area contributed by atoms with Crippen LogP contribution in [0.5, 0.6) is 0 Å². The second-order valence-electron chi connectivity index (χ2n) is 5.12. The zero-order chi connectivity index (χ0) is 16.4. The first-order chi connectivity index (χ1) is 11.1. The fourth-order valence-corrected chi connectivity index (χ4v) is 2.52. The van der Waals surface area contributed by atoms with Crippen molar-refractivity contribution in [1.29, 1.82) is 0 Å². The minimum atomic E-state index is -0.396. The Kier molecular flexibility index (Phi) is 3.80. The molecule has 0 unspecified atom stereocenters. The number of pyridine rings is 1. The topological polar surface area (TPSA) is 87.6 Å². The molecule has 0 radical (unpaired) electrons. The molecule has 0 spiro atoms. The number of rotatable bonds is 3. The maximum Gasteiger partial charge on any atom is 0.337 e. The van der Waals surface area contributed by atoms with E-state index in [1.165, 1.54) is 13.3 Å². The van der Waals surface area contributed by atoms with Crippen molar-refractivity contribution in [2.24, 2.45) is 5.16 Å². The van der Waals surface area contributed by atoms with Crippen molar-refractivity contribution in [3.63, 3.8) is 0 Å². The second kappa shape index (κ2) is 5.92. The molecule has 0 aliphatic carbocycles. The maximum atomic E-state index is 11.8. The Morgan fingerprint density at radius 3 is 2.91 bits per heavy atom. The zero-order valence-electron chi connectivity index (χ0n) is 12.7. The first-order valence-electron chi connectivity index (χ1n) is 6.98. The highest BCUT2D eigenvalue weighted by molar-refractivity contribution is 6.00. The van der Waals surface area contributed by atoms with Crippen LogP contribution in [0.25, 0.3) is 22.2 Å². The van der Waals surface area contributed by atoms with Gasteiger partial charge in [0.05, 0.1) is 24.6 Å². The number of aryl methyl sites for hydroxylation is 1. The van der Waals surface area contributed by atoms with E-state index < -0.39 is 5.97 Å². The van der Waals surface area contributed by atoms with Gasteiger partial charge in [0.1, 0.15) is 0 Å². The van der Waals surface area contributed by atoms with E-state index in [1.807, 2.05) is 25.1 Å². The lowest BCUT2D eigenvalue weighted by Gasteiger charge is -2.06. The summed E-state index contributed by atoms with van der Waals surface area (Å²) >= 11 is 0. The molecular formula is C17H15N3O3. The number of carbonyl (C=O) groups is 1. The molecule has 0 aliphatic rings. The Balaban J connectivity index is 2.14. The number of methoxy groups -OCH3 is 1. The molecule has 0 bridgehead atoms. The van der Waals surface area contributed by atoms with E-state index in [2.05, 4.69) is 15.1 Å². The molecule has 0 amide bonds. The van der Waals surface area contributed by atoms with Crippen molar-refractivity contribution in [1.82, 2.24) is 9.97 Å². The molecular weight excluding hydrogens is 294 g/mol. The van der Waals surface area contributed by atoms with Gasteiger partial charge in [-0.2, -0.15) is 0 Å². The van der Waals surface area contributed by atoms with Crippen LogP contribution < -0.4 is 0 Å². The van der Waals surface area contributed by atoms with Gasteiger partial charge in [-0.05, 0) is 31.2 Å².